The molecule has 0 unspecified atom stereocenters. The van der Waals surface area contributed by atoms with Crippen molar-refractivity contribution in [3.05, 3.63) is 41.8 Å². The molecule has 0 bridgehead atoms. The van der Waals surface area contributed by atoms with E-state index in [1.54, 1.807) is 12.1 Å². The standard InChI is InChI=1S/C20H22FNO2/c1-24-19(23)14-11-20(12-14)7-4-13(5-8-20)16-6-9-22-18-3-2-15(21)10-17(16)18/h2-3,6,9-10,13-14H,4-5,7-8,11-12H2,1H3. The fourth-order valence-corrected chi connectivity index (χ4v) is 4.76. The quantitative estimate of drug-likeness (QED) is 0.757. The van der Waals surface area contributed by atoms with Crippen LogP contribution < -0.4 is 0 Å². The summed E-state index contributed by atoms with van der Waals surface area (Å²) in [5, 5.41) is 0.944. The van der Waals surface area contributed by atoms with Crippen molar-refractivity contribution < 1.29 is 13.9 Å². The Kier molecular flexibility index (Phi) is 3.78. The summed E-state index contributed by atoms with van der Waals surface area (Å²) in [6.07, 6.45) is 8.26. The van der Waals surface area contributed by atoms with E-state index >= 15 is 0 Å². The average Bonchev–Trinajstić information content (AvgIpc) is 2.58. The van der Waals surface area contributed by atoms with Crippen molar-refractivity contribution in [2.75, 3.05) is 7.11 Å². The van der Waals surface area contributed by atoms with E-state index < -0.39 is 0 Å². The molecule has 1 aromatic carbocycles. The topological polar surface area (TPSA) is 39.2 Å². The summed E-state index contributed by atoms with van der Waals surface area (Å²) in [5.74, 6) is 0.296. The predicted octanol–water partition coefficient (Wildman–Crippen LogP) is 4.60. The van der Waals surface area contributed by atoms with Crippen molar-refractivity contribution in [1.82, 2.24) is 4.98 Å². The lowest BCUT2D eigenvalue weighted by Gasteiger charge is -2.50. The number of nitrogens with zero attached hydrogens (tertiary/aromatic N) is 1. The van der Waals surface area contributed by atoms with Crippen LogP contribution in [0.1, 0.15) is 50.0 Å². The highest BCUT2D eigenvalue weighted by molar-refractivity contribution is 5.82. The summed E-state index contributed by atoms with van der Waals surface area (Å²) in [5.41, 5.74) is 2.42. The molecule has 0 N–H and O–H groups in total. The van der Waals surface area contributed by atoms with Gasteiger partial charge in [0.2, 0.25) is 0 Å². The minimum Gasteiger partial charge on any atom is -0.469 e. The molecule has 0 amide bonds. The van der Waals surface area contributed by atoms with Crippen LogP contribution in [0, 0.1) is 17.2 Å². The molecule has 0 saturated heterocycles. The van der Waals surface area contributed by atoms with Gasteiger partial charge in [-0.25, -0.2) is 4.39 Å². The normalized spacial score (nSPS) is 29.4. The summed E-state index contributed by atoms with van der Waals surface area (Å²) >= 11 is 0. The third-order valence-electron chi connectivity index (χ3n) is 6.12. The monoisotopic (exact) mass is 327 g/mol. The number of hydrogen-bond donors (Lipinski definition) is 0. The van der Waals surface area contributed by atoms with Crippen molar-refractivity contribution >= 4 is 16.9 Å². The van der Waals surface area contributed by atoms with Gasteiger partial charge in [-0.3, -0.25) is 9.78 Å². The van der Waals surface area contributed by atoms with E-state index in [1.807, 2.05) is 12.3 Å². The number of carbonyl (C=O) groups is 1. The van der Waals surface area contributed by atoms with Gasteiger partial charge in [0, 0.05) is 11.6 Å². The molecule has 2 aliphatic carbocycles. The zero-order valence-electron chi connectivity index (χ0n) is 13.9. The fraction of sp³-hybridized carbons (Fsp3) is 0.500. The van der Waals surface area contributed by atoms with Gasteiger partial charge in [-0.15, -0.1) is 0 Å². The summed E-state index contributed by atoms with van der Waals surface area (Å²) in [4.78, 5) is 16.0. The Hall–Kier alpha value is -1.97. The van der Waals surface area contributed by atoms with Crippen molar-refractivity contribution in [3.8, 4) is 0 Å². The number of methoxy groups -OCH3 is 1. The first-order valence-corrected chi connectivity index (χ1v) is 8.72. The minimum absolute atomic E-state index is 0.0571. The fourth-order valence-electron chi connectivity index (χ4n) is 4.76. The Bertz CT molecular complexity index is 772. The van der Waals surface area contributed by atoms with E-state index in [0.717, 1.165) is 49.4 Å². The van der Waals surface area contributed by atoms with Gasteiger partial charge in [-0.2, -0.15) is 0 Å². The number of benzene rings is 1. The molecule has 2 aliphatic rings. The van der Waals surface area contributed by atoms with Gasteiger partial charge in [0.25, 0.3) is 0 Å². The highest BCUT2D eigenvalue weighted by Gasteiger charge is 2.49. The average molecular weight is 327 g/mol. The number of carbonyl (C=O) groups excluding carboxylic acids is 1. The molecule has 1 aromatic heterocycles. The van der Waals surface area contributed by atoms with E-state index in [1.165, 1.54) is 18.7 Å². The third-order valence-corrected chi connectivity index (χ3v) is 6.12. The Morgan fingerprint density at radius 3 is 2.71 bits per heavy atom. The van der Waals surface area contributed by atoms with Crippen molar-refractivity contribution in [2.24, 2.45) is 11.3 Å². The van der Waals surface area contributed by atoms with Crippen LogP contribution in [0.4, 0.5) is 4.39 Å². The van der Waals surface area contributed by atoms with Crippen LogP contribution in [0.5, 0.6) is 0 Å². The Morgan fingerprint density at radius 2 is 2.00 bits per heavy atom. The molecule has 0 aliphatic heterocycles. The number of fused-ring (bicyclic) bond motifs is 1. The summed E-state index contributed by atoms with van der Waals surface area (Å²) in [6, 6.07) is 6.88. The largest absolute Gasteiger partial charge is 0.469 e. The van der Waals surface area contributed by atoms with Gasteiger partial charge in [-0.05, 0) is 79.7 Å². The molecule has 1 spiro atoms. The highest BCUT2D eigenvalue weighted by Crippen LogP contribution is 2.57. The van der Waals surface area contributed by atoms with E-state index in [-0.39, 0.29) is 17.7 Å². The lowest BCUT2D eigenvalue weighted by Crippen LogP contribution is -2.43. The van der Waals surface area contributed by atoms with Crippen LogP contribution in [-0.2, 0) is 9.53 Å². The molecule has 4 heteroatoms. The van der Waals surface area contributed by atoms with E-state index in [9.17, 15) is 9.18 Å². The minimum atomic E-state index is -0.205. The molecule has 1 heterocycles. The summed E-state index contributed by atoms with van der Waals surface area (Å²) < 4.78 is 18.5. The molecule has 3 nitrogen and oxygen atoms in total. The number of esters is 1. The van der Waals surface area contributed by atoms with Crippen LogP contribution in [0.3, 0.4) is 0 Å². The van der Waals surface area contributed by atoms with Crippen LogP contribution in [0.2, 0.25) is 0 Å². The van der Waals surface area contributed by atoms with E-state index in [0.29, 0.717) is 11.3 Å². The van der Waals surface area contributed by atoms with Crippen LogP contribution in [-0.4, -0.2) is 18.1 Å². The maximum absolute atomic E-state index is 13.7. The lowest BCUT2D eigenvalue weighted by molar-refractivity contribution is -0.155. The maximum Gasteiger partial charge on any atom is 0.308 e. The van der Waals surface area contributed by atoms with Crippen molar-refractivity contribution in [1.29, 1.82) is 0 Å². The Morgan fingerprint density at radius 1 is 1.25 bits per heavy atom. The molecule has 2 saturated carbocycles. The molecule has 126 valence electrons. The maximum atomic E-state index is 13.7. The number of hydrogen-bond acceptors (Lipinski definition) is 3. The molecule has 2 aromatic rings. The summed E-state index contributed by atoms with van der Waals surface area (Å²) in [7, 11) is 1.47. The number of aromatic nitrogens is 1. The van der Waals surface area contributed by atoms with Gasteiger partial charge in [0.1, 0.15) is 5.82 Å². The smallest absolute Gasteiger partial charge is 0.308 e. The Labute approximate surface area is 141 Å². The van der Waals surface area contributed by atoms with Crippen LogP contribution in [0.25, 0.3) is 10.9 Å². The van der Waals surface area contributed by atoms with Crippen LogP contribution >= 0.6 is 0 Å². The van der Waals surface area contributed by atoms with E-state index in [2.05, 4.69) is 4.98 Å². The van der Waals surface area contributed by atoms with Crippen LogP contribution in [0.15, 0.2) is 30.5 Å². The highest BCUT2D eigenvalue weighted by atomic mass is 19.1. The predicted molar refractivity (Wildman–Crippen MR) is 90.1 cm³/mol. The zero-order valence-corrected chi connectivity index (χ0v) is 13.9. The van der Waals surface area contributed by atoms with E-state index in [4.69, 9.17) is 4.74 Å². The molecule has 4 rings (SSSR count). The zero-order chi connectivity index (χ0) is 16.7. The molecular formula is C20H22FNO2. The number of rotatable bonds is 2. The first-order chi connectivity index (χ1) is 11.6. The molecule has 0 radical (unpaired) electrons. The van der Waals surface area contributed by atoms with Crippen molar-refractivity contribution in [3.63, 3.8) is 0 Å². The Balaban J connectivity index is 1.49. The second-order valence-electron chi connectivity index (χ2n) is 7.46. The van der Waals surface area contributed by atoms with Gasteiger partial charge >= 0.3 is 5.97 Å². The lowest BCUT2D eigenvalue weighted by atomic mass is 9.54. The van der Waals surface area contributed by atoms with Gasteiger partial charge in [-0.1, -0.05) is 0 Å². The number of halogens is 1. The second kappa shape index (κ2) is 5.83. The number of pyridine rings is 1. The molecule has 2 fully saturated rings. The van der Waals surface area contributed by atoms with Gasteiger partial charge < -0.3 is 4.74 Å². The molecule has 0 atom stereocenters. The van der Waals surface area contributed by atoms with Crippen molar-refractivity contribution in [2.45, 2.75) is 44.4 Å². The third kappa shape index (κ3) is 2.58. The second-order valence-corrected chi connectivity index (χ2v) is 7.46. The molecule has 24 heavy (non-hydrogen) atoms. The first kappa shape index (κ1) is 15.6. The molecular weight excluding hydrogens is 305 g/mol. The SMILES string of the molecule is COC(=O)C1CC2(CCC(c3ccnc4ccc(F)cc34)CC2)C1. The summed E-state index contributed by atoms with van der Waals surface area (Å²) in [6.45, 7) is 0. The van der Waals surface area contributed by atoms with Gasteiger partial charge in [0.15, 0.2) is 0 Å². The number of ether oxygens (including phenoxy) is 1. The first-order valence-electron chi connectivity index (χ1n) is 8.72. The van der Waals surface area contributed by atoms with Gasteiger partial charge in [0.05, 0.1) is 18.5 Å².